The van der Waals surface area contributed by atoms with E-state index in [2.05, 4.69) is 0 Å². The Balaban J connectivity index is 1.79. The van der Waals surface area contributed by atoms with E-state index in [4.69, 9.17) is 27.9 Å². The van der Waals surface area contributed by atoms with Crippen molar-refractivity contribution in [2.75, 3.05) is 0 Å². The lowest BCUT2D eigenvalue weighted by Crippen LogP contribution is -2.27. The van der Waals surface area contributed by atoms with Gasteiger partial charge in [-0.05, 0) is 74.0 Å². The van der Waals surface area contributed by atoms with Crippen molar-refractivity contribution in [1.29, 1.82) is 0 Å². The van der Waals surface area contributed by atoms with Gasteiger partial charge >= 0.3 is 5.97 Å². The van der Waals surface area contributed by atoms with Gasteiger partial charge in [0.25, 0.3) is 11.1 Å². The minimum absolute atomic E-state index is 0.0941. The summed E-state index contributed by atoms with van der Waals surface area (Å²) in [6, 6.07) is 11.7. The van der Waals surface area contributed by atoms with Crippen LogP contribution in [-0.2, 0) is 16.1 Å². The highest BCUT2D eigenvalue weighted by Gasteiger charge is 2.35. The molecule has 1 aliphatic heterocycles. The molecular weight excluding hydrogens is 445 g/mol. The zero-order valence-electron chi connectivity index (χ0n) is 16.6. The van der Waals surface area contributed by atoms with Gasteiger partial charge < -0.3 is 4.74 Å². The van der Waals surface area contributed by atoms with Crippen LogP contribution in [0.25, 0.3) is 6.08 Å². The molecule has 0 unspecified atom stereocenters. The molecule has 0 aliphatic carbocycles. The van der Waals surface area contributed by atoms with E-state index < -0.39 is 17.5 Å². The van der Waals surface area contributed by atoms with Crippen LogP contribution in [0, 0.1) is 0 Å². The molecule has 0 aromatic heterocycles. The van der Waals surface area contributed by atoms with E-state index in [0.717, 1.165) is 16.7 Å². The predicted molar refractivity (Wildman–Crippen MR) is 120 cm³/mol. The van der Waals surface area contributed by atoms with Gasteiger partial charge in [0, 0.05) is 0 Å². The third-order valence-corrected chi connectivity index (χ3v) is 5.66. The summed E-state index contributed by atoms with van der Waals surface area (Å²) in [5.41, 5.74) is 1.08. The predicted octanol–water partition coefficient (Wildman–Crippen LogP) is 6.19. The molecule has 156 valence electrons. The highest BCUT2D eigenvalue weighted by molar-refractivity contribution is 8.18. The molecule has 0 bridgehead atoms. The molecular formula is C22H19Cl2NO4S. The molecule has 5 nitrogen and oxygen atoms in total. The normalized spacial score (nSPS) is 15.8. The minimum atomic E-state index is -0.611. The summed E-state index contributed by atoms with van der Waals surface area (Å²) in [6.45, 7) is 5.47. The van der Waals surface area contributed by atoms with Crippen LogP contribution >= 0.6 is 35.0 Å². The second kappa shape index (κ2) is 8.84. The monoisotopic (exact) mass is 463 g/mol. The molecule has 2 aromatic rings. The Morgan fingerprint density at radius 1 is 1.10 bits per heavy atom. The van der Waals surface area contributed by atoms with E-state index in [1.54, 1.807) is 69.3 Å². The first-order valence-corrected chi connectivity index (χ1v) is 10.6. The number of rotatable bonds is 4. The van der Waals surface area contributed by atoms with Crippen LogP contribution in [0.3, 0.4) is 0 Å². The molecule has 8 heteroatoms. The molecule has 0 saturated carbocycles. The molecule has 2 aromatic carbocycles. The van der Waals surface area contributed by atoms with Crippen molar-refractivity contribution in [3.05, 3.63) is 74.1 Å². The van der Waals surface area contributed by atoms with Crippen LogP contribution < -0.4 is 0 Å². The second-order valence-electron chi connectivity index (χ2n) is 7.64. The smallest absolute Gasteiger partial charge is 0.338 e. The van der Waals surface area contributed by atoms with Gasteiger partial charge in [0.2, 0.25) is 0 Å². The average molecular weight is 464 g/mol. The van der Waals surface area contributed by atoms with Crippen molar-refractivity contribution < 1.29 is 19.1 Å². The number of amides is 2. The Bertz CT molecular complexity index is 1060. The van der Waals surface area contributed by atoms with E-state index in [1.807, 2.05) is 0 Å². The molecule has 0 radical (unpaired) electrons. The summed E-state index contributed by atoms with van der Waals surface area (Å²) >= 11 is 12.8. The maximum Gasteiger partial charge on any atom is 0.338 e. The van der Waals surface area contributed by atoms with Gasteiger partial charge in [0.05, 0.1) is 27.1 Å². The van der Waals surface area contributed by atoms with Gasteiger partial charge in [-0.15, -0.1) is 0 Å². The number of imide groups is 1. The van der Waals surface area contributed by atoms with Gasteiger partial charge in [-0.2, -0.15) is 0 Å². The number of carbonyl (C=O) groups excluding carboxylic acids is 3. The Morgan fingerprint density at radius 2 is 1.83 bits per heavy atom. The third-order valence-electron chi connectivity index (χ3n) is 4.02. The van der Waals surface area contributed by atoms with Crippen molar-refractivity contribution in [2.24, 2.45) is 0 Å². The number of thioether (sulfide) groups is 1. The second-order valence-corrected chi connectivity index (χ2v) is 9.45. The highest BCUT2D eigenvalue weighted by atomic mass is 35.5. The van der Waals surface area contributed by atoms with Gasteiger partial charge in [0.15, 0.2) is 0 Å². The number of carbonyl (C=O) groups is 3. The average Bonchev–Trinajstić information content (AvgIpc) is 2.91. The number of halogens is 2. The number of ether oxygens (including phenoxy) is 1. The molecule has 1 heterocycles. The van der Waals surface area contributed by atoms with Gasteiger partial charge in [-0.1, -0.05) is 41.4 Å². The first-order valence-electron chi connectivity index (χ1n) is 9.06. The van der Waals surface area contributed by atoms with E-state index in [9.17, 15) is 14.4 Å². The molecule has 3 rings (SSSR count). The first kappa shape index (κ1) is 22.4. The zero-order chi connectivity index (χ0) is 22.1. The lowest BCUT2D eigenvalue weighted by molar-refractivity contribution is -0.123. The fourth-order valence-corrected chi connectivity index (χ4v) is 3.86. The molecule has 2 amide bonds. The van der Waals surface area contributed by atoms with Crippen LogP contribution in [0.5, 0.6) is 0 Å². The van der Waals surface area contributed by atoms with Crippen LogP contribution in [0.2, 0.25) is 10.0 Å². The van der Waals surface area contributed by atoms with Crippen molar-refractivity contribution in [3.8, 4) is 0 Å². The van der Waals surface area contributed by atoms with E-state index in [0.29, 0.717) is 26.7 Å². The Kier molecular flexibility index (Phi) is 6.60. The van der Waals surface area contributed by atoms with Crippen molar-refractivity contribution in [3.63, 3.8) is 0 Å². The largest absolute Gasteiger partial charge is 0.456 e. The maximum absolute atomic E-state index is 12.7. The zero-order valence-corrected chi connectivity index (χ0v) is 18.9. The fourth-order valence-electron chi connectivity index (χ4n) is 2.70. The van der Waals surface area contributed by atoms with Gasteiger partial charge in [-0.3, -0.25) is 14.5 Å². The van der Waals surface area contributed by atoms with Crippen LogP contribution in [0.15, 0.2) is 47.4 Å². The molecule has 0 N–H and O–H groups in total. The summed E-state index contributed by atoms with van der Waals surface area (Å²) < 4.78 is 5.37. The molecule has 0 atom stereocenters. The van der Waals surface area contributed by atoms with Crippen molar-refractivity contribution >= 4 is 58.2 Å². The number of nitrogens with zero attached hydrogens (tertiary/aromatic N) is 1. The van der Waals surface area contributed by atoms with Crippen LogP contribution in [0.4, 0.5) is 4.79 Å². The lowest BCUT2D eigenvalue weighted by atomic mass is 10.1. The number of hydrogen-bond acceptors (Lipinski definition) is 5. The summed E-state index contributed by atoms with van der Waals surface area (Å²) in [5, 5.41) is 0.385. The third kappa shape index (κ3) is 5.45. The highest BCUT2D eigenvalue weighted by Crippen LogP contribution is 2.34. The van der Waals surface area contributed by atoms with Crippen LogP contribution in [0.1, 0.15) is 42.3 Å². The van der Waals surface area contributed by atoms with E-state index in [1.165, 1.54) is 0 Å². The van der Waals surface area contributed by atoms with E-state index in [-0.39, 0.29) is 16.7 Å². The summed E-state index contributed by atoms with van der Waals surface area (Å²) in [6.07, 6.45) is 1.59. The summed E-state index contributed by atoms with van der Waals surface area (Å²) in [7, 11) is 0. The number of hydrogen-bond donors (Lipinski definition) is 0. The van der Waals surface area contributed by atoms with Crippen LogP contribution in [-0.4, -0.2) is 27.6 Å². The molecule has 1 fully saturated rings. The SMILES string of the molecule is CC(C)(C)OC(=O)c1cccc(C=C2SC(=O)N(Cc3ccc(Cl)c(Cl)c3)C2=O)c1. The van der Waals surface area contributed by atoms with Gasteiger partial charge in [0.1, 0.15) is 5.60 Å². The maximum atomic E-state index is 12.7. The Morgan fingerprint density at radius 3 is 2.50 bits per heavy atom. The summed E-state index contributed by atoms with van der Waals surface area (Å²) in [5.74, 6) is -0.857. The van der Waals surface area contributed by atoms with Crippen molar-refractivity contribution in [1.82, 2.24) is 4.90 Å². The van der Waals surface area contributed by atoms with Gasteiger partial charge in [-0.25, -0.2) is 4.79 Å². The topological polar surface area (TPSA) is 63.7 Å². The number of benzene rings is 2. The quantitative estimate of drug-likeness (QED) is 0.399. The standard InChI is InChI=1S/C22H19Cl2NO4S/c1-22(2,3)29-20(27)15-6-4-5-13(9-15)11-18-19(26)25(21(28)30-18)12-14-7-8-16(23)17(24)10-14/h4-11H,12H2,1-3H3. The molecule has 1 saturated heterocycles. The Hall–Kier alpha value is -2.28. The summed E-state index contributed by atoms with van der Waals surface area (Å²) in [4.78, 5) is 38.8. The molecule has 0 spiro atoms. The molecule has 30 heavy (non-hydrogen) atoms. The fraction of sp³-hybridized carbons (Fsp3) is 0.227. The Labute approximate surface area is 189 Å². The van der Waals surface area contributed by atoms with E-state index >= 15 is 0 Å². The minimum Gasteiger partial charge on any atom is -0.456 e. The first-order chi connectivity index (χ1) is 14.0. The molecule has 1 aliphatic rings. The van der Waals surface area contributed by atoms with Crippen molar-refractivity contribution in [2.45, 2.75) is 32.9 Å². The number of esters is 1. The lowest BCUT2D eigenvalue weighted by Gasteiger charge is -2.19.